The van der Waals surface area contributed by atoms with Crippen LogP contribution >= 0.6 is 0 Å². The largest absolute Gasteiger partial charge is 0.496 e. The van der Waals surface area contributed by atoms with Crippen molar-refractivity contribution in [2.45, 2.75) is 45.3 Å². The SMILES string of the molecule is CCCCOC(=O)NC(CCC(=O)OCc1ccccc1)c1ccccc1OC. The van der Waals surface area contributed by atoms with Crippen LogP contribution in [0.2, 0.25) is 0 Å². The average molecular weight is 399 g/mol. The molecule has 2 rings (SSSR count). The summed E-state index contributed by atoms with van der Waals surface area (Å²) in [4.78, 5) is 24.4. The molecule has 2 aromatic rings. The van der Waals surface area contributed by atoms with Gasteiger partial charge in [-0.3, -0.25) is 4.79 Å². The fourth-order valence-corrected chi connectivity index (χ4v) is 2.83. The lowest BCUT2D eigenvalue weighted by molar-refractivity contribution is -0.145. The van der Waals surface area contributed by atoms with E-state index >= 15 is 0 Å². The van der Waals surface area contributed by atoms with E-state index in [0.29, 0.717) is 18.8 Å². The predicted octanol–water partition coefficient (Wildman–Crippen LogP) is 4.79. The van der Waals surface area contributed by atoms with Crippen molar-refractivity contribution in [1.29, 1.82) is 0 Å². The molecule has 6 nitrogen and oxygen atoms in total. The third-order valence-electron chi connectivity index (χ3n) is 4.42. The number of alkyl carbamates (subject to hydrolysis) is 1. The Morgan fingerprint density at radius 2 is 1.72 bits per heavy atom. The van der Waals surface area contributed by atoms with Gasteiger partial charge in [0.2, 0.25) is 0 Å². The number of carbonyl (C=O) groups excluding carboxylic acids is 2. The summed E-state index contributed by atoms with van der Waals surface area (Å²) in [6, 6.07) is 16.5. The van der Waals surface area contributed by atoms with E-state index in [4.69, 9.17) is 14.2 Å². The minimum absolute atomic E-state index is 0.158. The lowest BCUT2D eigenvalue weighted by Gasteiger charge is -2.21. The van der Waals surface area contributed by atoms with Crippen molar-refractivity contribution >= 4 is 12.1 Å². The van der Waals surface area contributed by atoms with Gasteiger partial charge in [0.25, 0.3) is 0 Å². The second-order valence-corrected chi connectivity index (χ2v) is 6.61. The van der Waals surface area contributed by atoms with Crippen LogP contribution in [-0.4, -0.2) is 25.8 Å². The highest BCUT2D eigenvalue weighted by Gasteiger charge is 2.20. The maximum atomic E-state index is 12.2. The van der Waals surface area contributed by atoms with Gasteiger partial charge in [0, 0.05) is 12.0 Å². The zero-order valence-electron chi connectivity index (χ0n) is 17.1. The molecule has 1 amide bonds. The van der Waals surface area contributed by atoms with Crippen LogP contribution in [0.15, 0.2) is 54.6 Å². The second-order valence-electron chi connectivity index (χ2n) is 6.61. The van der Waals surface area contributed by atoms with Crippen LogP contribution in [-0.2, 0) is 20.9 Å². The van der Waals surface area contributed by atoms with Crippen molar-refractivity contribution in [3.8, 4) is 5.75 Å². The van der Waals surface area contributed by atoms with E-state index in [1.54, 1.807) is 7.11 Å². The van der Waals surface area contributed by atoms with Gasteiger partial charge in [0.15, 0.2) is 0 Å². The number of hydrogen-bond donors (Lipinski definition) is 1. The van der Waals surface area contributed by atoms with Crippen molar-refractivity contribution in [2.24, 2.45) is 0 Å². The zero-order valence-corrected chi connectivity index (χ0v) is 17.1. The fourth-order valence-electron chi connectivity index (χ4n) is 2.83. The van der Waals surface area contributed by atoms with Crippen LogP contribution in [0.5, 0.6) is 5.75 Å². The van der Waals surface area contributed by atoms with Crippen LogP contribution < -0.4 is 10.1 Å². The molecule has 0 bridgehead atoms. The molecule has 1 unspecified atom stereocenters. The molecule has 0 fully saturated rings. The molecule has 0 spiro atoms. The molecule has 0 heterocycles. The van der Waals surface area contributed by atoms with E-state index < -0.39 is 12.1 Å². The quantitative estimate of drug-likeness (QED) is 0.434. The zero-order chi connectivity index (χ0) is 20.9. The number of benzene rings is 2. The number of amides is 1. The van der Waals surface area contributed by atoms with Crippen molar-refractivity contribution < 1.29 is 23.8 Å². The molecule has 6 heteroatoms. The van der Waals surface area contributed by atoms with Crippen LogP contribution in [0.1, 0.15) is 49.8 Å². The Balaban J connectivity index is 1.97. The first kappa shape index (κ1) is 22.3. The highest BCUT2D eigenvalue weighted by molar-refractivity contribution is 5.70. The third-order valence-corrected chi connectivity index (χ3v) is 4.42. The molecule has 1 atom stereocenters. The molecule has 0 aliphatic rings. The molecule has 29 heavy (non-hydrogen) atoms. The van der Waals surface area contributed by atoms with E-state index in [2.05, 4.69) is 5.32 Å². The molecule has 0 saturated heterocycles. The number of para-hydroxylation sites is 1. The lowest BCUT2D eigenvalue weighted by Crippen LogP contribution is -2.30. The van der Waals surface area contributed by atoms with Crippen molar-refractivity contribution in [3.63, 3.8) is 0 Å². The van der Waals surface area contributed by atoms with Gasteiger partial charge in [-0.05, 0) is 24.5 Å². The molecule has 0 saturated carbocycles. The van der Waals surface area contributed by atoms with Gasteiger partial charge in [-0.15, -0.1) is 0 Å². The van der Waals surface area contributed by atoms with Crippen LogP contribution in [0, 0.1) is 0 Å². The molecule has 2 aromatic carbocycles. The minimum atomic E-state index is -0.507. The summed E-state index contributed by atoms with van der Waals surface area (Å²) in [5.41, 5.74) is 1.72. The first-order chi connectivity index (χ1) is 14.1. The fraction of sp³-hybridized carbons (Fsp3) is 0.391. The number of ether oxygens (including phenoxy) is 3. The number of nitrogens with one attached hydrogen (secondary N) is 1. The predicted molar refractivity (Wildman–Crippen MR) is 111 cm³/mol. The Morgan fingerprint density at radius 1 is 1.00 bits per heavy atom. The highest BCUT2D eigenvalue weighted by atomic mass is 16.5. The molecular weight excluding hydrogens is 370 g/mol. The first-order valence-electron chi connectivity index (χ1n) is 9.89. The van der Waals surface area contributed by atoms with E-state index in [1.165, 1.54) is 0 Å². The summed E-state index contributed by atoms with van der Waals surface area (Å²) in [5.74, 6) is 0.318. The summed E-state index contributed by atoms with van der Waals surface area (Å²) in [7, 11) is 1.57. The smallest absolute Gasteiger partial charge is 0.407 e. The molecule has 0 aromatic heterocycles. The molecule has 0 aliphatic carbocycles. The molecule has 0 aliphatic heterocycles. The Morgan fingerprint density at radius 3 is 2.45 bits per heavy atom. The maximum Gasteiger partial charge on any atom is 0.407 e. The summed E-state index contributed by atoms with van der Waals surface area (Å²) in [6.07, 6.45) is 1.77. The summed E-state index contributed by atoms with van der Waals surface area (Å²) in [6.45, 7) is 2.62. The Hall–Kier alpha value is -3.02. The third kappa shape index (κ3) is 7.86. The van der Waals surface area contributed by atoms with Gasteiger partial charge < -0.3 is 19.5 Å². The van der Waals surface area contributed by atoms with Gasteiger partial charge in [0.1, 0.15) is 12.4 Å². The number of esters is 1. The number of methoxy groups -OCH3 is 1. The van der Waals surface area contributed by atoms with Crippen molar-refractivity contribution in [2.75, 3.05) is 13.7 Å². The average Bonchev–Trinajstić information content (AvgIpc) is 2.76. The molecular formula is C23H29NO5. The first-order valence-corrected chi connectivity index (χ1v) is 9.89. The summed E-state index contributed by atoms with van der Waals surface area (Å²) >= 11 is 0. The maximum absolute atomic E-state index is 12.2. The van der Waals surface area contributed by atoms with Crippen LogP contribution in [0.4, 0.5) is 4.79 Å². The van der Waals surface area contributed by atoms with Gasteiger partial charge in [-0.25, -0.2) is 4.79 Å². The van der Waals surface area contributed by atoms with Gasteiger partial charge in [0.05, 0.1) is 19.8 Å². The van der Waals surface area contributed by atoms with Gasteiger partial charge in [-0.1, -0.05) is 61.9 Å². The molecule has 156 valence electrons. The normalized spacial score (nSPS) is 11.4. The number of carbonyl (C=O) groups is 2. The Bertz CT molecular complexity index is 763. The molecule has 0 radical (unpaired) electrons. The number of rotatable bonds is 11. The Kier molecular flexibility index (Phi) is 9.55. The second kappa shape index (κ2) is 12.4. The summed E-state index contributed by atoms with van der Waals surface area (Å²) < 4.78 is 16.0. The number of unbranched alkanes of at least 4 members (excludes halogenated alkanes) is 1. The van der Waals surface area contributed by atoms with E-state index in [9.17, 15) is 9.59 Å². The highest BCUT2D eigenvalue weighted by Crippen LogP contribution is 2.28. The van der Waals surface area contributed by atoms with E-state index in [0.717, 1.165) is 24.0 Å². The summed E-state index contributed by atoms with van der Waals surface area (Å²) in [5, 5.41) is 2.85. The van der Waals surface area contributed by atoms with Crippen LogP contribution in [0.25, 0.3) is 0 Å². The minimum Gasteiger partial charge on any atom is -0.496 e. The van der Waals surface area contributed by atoms with Crippen molar-refractivity contribution in [1.82, 2.24) is 5.32 Å². The topological polar surface area (TPSA) is 73.9 Å². The lowest BCUT2D eigenvalue weighted by atomic mass is 10.0. The van der Waals surface area contributed by atoms with Gasteiger partial charge in [-0.2, -0.15) is 0 Å². The number of hydrogen-bond acceptors (Lipinski definition) is 5. The van der Waals surface area contributed by atoms with E-state index in [-0.39, 0.29) is 19.0 Å². The molecule has 1 N–H and O–H groups in total. The Labute approximate surface area is 172 Å². The van der Waals surface area contributed by atoms with Crippen molar-refractivity contribution in [3.05, 3.63) is 65.7 Å². The van der Waals surface area contributed by atoms with E-state index in [1.807, 2.05) is 61.5 Å². The van der Waals surface area contributed by atoms with Gasteiger partial charge >= 0.3 is 12.1 Å². The monoisotopic (exact) mass is 399 g/mol. The standard InChI is InChI=1S/C23H29NO5/c1-3-4-16-28-23(26)24-20(19-12-8-9-13-21(19)27-2)14-15-22(25)29-17-18-10-6-5-7-11-18/h5-13,20H,3-4,14-17H2,1-2H3,(H,24,26). The van der Waals surface area contributed by atoms with Crippen LogP contribution in [0.3, 0.4) is 0 Å².